The van der Waals surface area contributed by atoms with Crippen molar-refractivity contribution in [2.24, 2.45) is 5.73 Å². The van der Waals surface area contributed by atoms with Crippen LogP contribution in [0.2, 0.25) is 0 Å². The van der Waals surface area contributed by atoms with Crippen LogP contribution in [0.5, 0.6) is 0 Å². The Balaban J connectivity index is 3.85. The molecule has 0 rings (SSSR count). The average molecular weight is 203 g/mol. The van der Waals surface area contributed by atoms with Crippen LogP contribution in [0.1, 0.15) is 13.3 Å². The highest BCUT2D eigenvalue weighted by Crippen LogP contribution is 2.06. The average Bonchev–Trinajstić information content (AvgIpc) is 2.17. The molecule has 2 N–H and O–H groups in total. The highest BCUT2D eigenvalue weighted by Gasteiger charge is 2.05. The van der Waals surface area contributed by atoms with Crippen molar-refractivity contribution in [1.29, 1.82) is 0 Å². The monoisotopic (exact) mass is 203 g/mol. The number of thioether (sulfide) groups is 1. The Bertz CT molecular complexity index is 180. The third-order valence-corrected chi connectivity index (χ3v) is 2.47. The van der Waals surface area contributed by atoms with E-state index in [0.29, 0.717) is 6.54 Å². The van der Waals surface area contributed by atoms with Gasteiger partial charge in [-0.05, 0) is 6.42 Å². The predicted octanol–water partition coefficient (Wildman–Crippen LogP) is 1.19. The first-order valence-corrected chi connectivity index (χ1v) is 5.46. The van der Waals surface area contributed by atoms with E-state index in [1.54, 1.807) is 11.8 Å². The van der Waals surface area contributed by atoms with Crippen molar-refractivity contribution < 1.29 is 9.53 Å². The molecule has 0 bridgehead atoms. The molecule has 0 aromatic rings. The minimum atomic E-state index is -0.226. The van der Waals surface area contributed by atoms with E-state index in [1.165, 1.54) is 7.11 Å². The summed E-state index contributed by atoms with van der Waals surface area (Å²) in [5.41, 5.74) is 6.07. The molecule has 0 aliphatic rings. The maximum atomic E-state index is 11.1. The molecule has 0 saturated carbocycles. The van der Waals surface area contributed by atoms with Crippen LogP contribution in [0.3, 0.4) is 0 Å². The first-order valence-electron chi connectivity index (χ1n) is 4.31. The number of carbonyl (C=O) groups is 1. The second-order valence-corrected chi connectivity index (χ2v) is 3.59. The molecule has 0 atom stereocenters. The van der Waals surface area contributed by atoms with Gasteiger partial charge in [-0.3, -0.25) is 0 Å². The SMILES string of the molecule is CCC(=CCSCCN)C(=O)OC. The minimum absolute atomic E-state index is 0.226. The Hall–Kier alpha value is -0.480. The molecule has 0 aromatic carbocycles. The van der Waals surface area contributed by atoms with Crippen LogP contribution in [0.25, 0.3) is 0 Å². The molecule has 0 amide bonds. The fourth-order valence-electron chi connectivity index (χ4n) is 0.829. The zero-order valence-electron chi connectivity index (χ0n) is 8.21. The van der Waals surface area contributed by atoms with E-state index >= 15 is 0 Å². The molecule has 3 nitrogen and oxygen atoms in total. The lowest BCUT2D eigenvalue weighted by molar-refractivity contribution is -0.136. The summed E-state index contributed by atoms with van der Waals surface area (Å²) in [4.78, 5) is 11.1. The van der Waals surface area contributed by atoms with Crippen LogP contribution in [0.15, 0.2) is 11.6 Å². The summed E-state index contributed by atoms with van der Waals surface area (Å²) in [5, 5.41) is 0. The number of rotatable bonds is 6. The fraction of sp³-hybridized carbons (Fsp3) is 0.667. The van der Waals surface area contributed by atoms with E-state index < -0.39 is 0 Å². The predicted molar refractivity (Wildman–Crippen MR) is 56.8 cm³/mol. The number of hydrogen-bond acceptors (Lipinski definition) is 4. The summed E-state index contributed by atoms with van der Waals surface area (Å²) in [6.07, 6.45) is 2.63. The van der Waals surface area contributed by atoms with Gasteiger partial charge in [-0.25, -0.2) is 4.79 Å². The highest BCUT2D eigenvalue weighted by atomic mass is 32.2. The van der Waals surface area contributed by atoms with Gasteiger partial charge in [0.2, 0.25) is 0 Å². The van der Waals surface area contributed by atoms with Gasteiger partial charge in [0.1, 0.15) is 0 Å². The Morgan fingerprint density at radius 3 is 2.77 bits per heavy atom. The van der Waals surface area contributed by atoms with Crippen LogP contribution in [0.4, 0.5) is 0 Å². The van der Waals surface area contributed by atoms with Gasteiger partial charge in [0, 0.05) is 23.6 Å². The molecule has 76 valence electrons. The van der Waals surface area contributed by atoms with E-state index in [9.17, 15) is 4.79 Å². The topological polar surface area (TPSA) is 52.3 Å². The molecule has 0 radical (unpaired) electrons. The standard InChI is InChI=1S/C9H17NO2S/c1-3-8(9(11)12-2)4-6-13-7-5-10/h4H,3,5-7,10H2,1-2H3. The summed E-state index contributed by atoms with van der Waals surface area (Å²) in [7, 11) is 1.40. The molecule has 0 unspecified atom stereocenters. The van der Waals surface area contributed by atoms with Crippen molar-refractivity contribution >= 4 is 17.7 Å². The first kappa shape index (κ1) is 12.5. The summed E-state index contributed by atoms with van der Waals surface area (Å²) >= 11 is 1.72. The van der Waals surface area contributed by atoms with Crippen molar-refractivity contribution in [2.45, 2.75) is 13.3 Å². The normalized spacial score (nSPS) is 11.5. The van der Waals surface area contributed by atoms with Gasteiger partial charge in [0.25, 0.3) is 0 Å². The molecule has 13 heavy (non-hydrogen) atoms. The molecule has 0 heterocycles. The summed E-state index contributed by atoms with van der Waals surface area (Å²) in [6.45, 7) is 2.62. The quantitative estimate of drug-likeness (QED) is 0.400. The van der Waals surface area contributed by atoms with Crippen LogP contribution >= 0.6 is 11.8 Å². The third kappa shape index (κ3) is 5.71. The van der Waals surface area contributed by atoms with E-state index in [1.807, 2.05) is 13.0 Å². The summed E-state index contributed by atoms with van der Waals surface area (Å²) < 4.78 is 4.62. The molecule has 0 aliphatic heterocycles. The lowest BCUT2D eigenvalue weighted by Crippen LogP contribution is -2.05. The molecule has 0 fully saturated rings. The fourth-order valence-corrected chi connectivity index (χ4v) is 1.48. The molecule has 0 spiro atoms. The van der Waals surface area contributed by atoms with Crippen molar-refractivity contribution in [3.8, 4) is 0 Å². The lowest BCUT2D eigenvalue weighted by Gasteiger charge is -2.01. The summed E-state index contributed by atoms with van der Waals surface area (Å²) in [5.74, 6) is 1.53. The molecule has 4 heteroatoms. The second-order valence-electron chi connectivity index (χ2n) is 2.44. The molecular formula is C9H17NO2S. The van der Waals surface area contributed by atoms with Crippen LogP contribution in [-0.2, 0) is 9.53 Å². The number of nitrogens with two attached hydrogens (primary N) is 1. The Labute approximate surface area is 83.7 Å². The molecular weight excluding hydrogens is 186 g/mol. The van der Waals surface area contributed by atoms with Gasteiger partial charge in [-0.15, -0.1) is 0 Å². The van der Waals surface area contributed by atoms with Gasteiger partial charge in [-0.1, -0.05) is 13.0 Å². The van der Waals surface area contributed by atoms with E-state index in [4.69, 9.17) is 5.73 Å². The van der Waals surface area contributed by atoms with Gasteiger partial charge in [-0.2, -0.15) is 11.8 Å². The lowest BCUT2D eigenvalue weighted by atomic mass is 10.2. The maximum Gasteiger partial charge on any atom is 0.333 e. The van der Waals surface area contributed by atoms with Crippen LogP contribution in [-0.4, -0.2) is 31.1 Å². The van der Waals surface area contributed by atoms with Gasteiger partial charge in [0.15, 0.2) is 0 Å². The number of esters is 1. The van der Waals surface area contributed by atoms with E-state index in [-0.39, 0.29) is 5.97 Å². The first-order chi connectivity index (χ1) is 6.26. The minimum Gasteiger partial charge on any atom is -0.466 e. The largest absolute Gasteiger partial charge is 0.466 e. The Morgan fingerprint density at radius 1 is 1.62 bits per heavy atom. The number of carbonyl (C=O) groups excluding carboxylic acids is 1. The zero-order valence-corrected chi connectivity index (χ0v) is 9.02. The summed E-state index contributed by atoms with van der Waals surface area (Å²) in [6, 6.07) is 0. The molecule has 0 aliphatic carbocycles. The Morgan fingerprint density at radius 2 is 2.31 bits per heavy atom. The maximum absolute atomic E-state index is 11.1. The van der Waals surface area contributed by atoms with Crippen LogP contribution < -0.4 is 5.73 Å². The second kappa shape index (κ2) is 8.13. The zero-order chi connectivity index (χ0) is 10.1. The van der Waals surface area contributed by atoms with Crippen molar-refractivity contribution in [1.82, 2.24) is 0 Å². The van der Waals surface area contributed by atoms with Gasteiger partial charge >= 0.3 is 5.97 Å². The van der Waals surface area contributed by atoms with E-state index in [0.717, 1.165) is 23.5 Å². The van der Waals surface area contributed by atoms with Gasteiger partial charge < -0.3 is 10.5 Å². The third-order valence-electron chi connectivity index (χ3n) is 1.54. The van der Waals surface area contributed by atoms with E-state index in [2.05, 4.69) is 4.74 Å². The highest BCUT2D eigenvalue weighted by molar-refractivity contribution is 7.99. The number of methoxy groups -OCH3 is 1. The number of ether oxygens (including phenoxy) is 1. The van der Waals surface area contributed by atoms with Crippen LogP contribution in [0, 0.1) is 0 Å². The molecule has 0 aromatic heterocycles. The molecule has 0 saturated heterocycles. The number of hydrogen-bond donors (Lipinski definition) is 1. The van der Waals surface area contributed by atoms with Crippen molar-refractivity contribution in [2.75, 3.05) is 25.2 Å². The Kier molecular flexibility index (Phi) is 7.83. The van der Waals surface area contributed by atoms with Crippen molar-refractivity contribution in [3.63, 3.8) is 0 Å². The smallest absolute Gasteiger partial charge is 0.333 e. The van der Waals surface area contributed by atoms with Gasteiger partial charge in [0.05, 0.1) is 7.11 Å². The van der Waals surface area contributed by atoms with Crippen molar-refractivity contribution in [3.05, 3.63) is 11.6 Å².